The lowest BCUT2D eigenvalue weighted by molar-refractivity contribution is -0.162. The van der Waals surface area contributed by atoms with Crippen LogP contribution in [0.2, 0.25) is 0 Å². The Morgan fingerprint density at radius 1 is 0.544 bits per heavy atom. The van der Waals surface area contributed by atoms with Gasteiger partial charge in [0, 0.05) is 24.9 Å². The molecule has 13 heteroatoms. The largest absolute Gasteiger partial charge is 0.458 e. The van der Waals surface area contributed by atoms with E-state index in [1.165, 1.54) is 0 Å². The molecule has 6 saturated carbocycles. The van der Waals surface area contributed by atoms with E-state index in [4.69, 9.17) is 9.47 Å². The van der Waals surface area contributed by atoms with Crippen LogP contribution in [0.25, 0.3) is 0 Å². The molecule has 6 aliphatic carbocycles. The molecule has 3 N–H and O–H groups in total. The van der Waals surface area contributed by atoms with Crippen LogP contribution in [0.1, 0.15) is 72.1 Å². The summed E-state index contributed by atoms with van der Waals surface area (Å²) in [4.78, 5) is 87.8. The van der Waals surface area contributed by atoms with Crippen molar-refractivity contribution in [2.24, 2.45) is 47.3 Å². The second-order valence-corrected chi connectivity index (χ2v) is 16.9. The Morgan fingerprint density at radius 2 is 0.930 bits per heavy atom. The summed E-state index contributed by atoms with van der Waals surface area (Å²) in [6.07, 6.45) is 3.58. The van der Waals surface area contributed by atoms with Crippen LogP contribution in [0.3, 0.4) is 0 Å². The lowest BCUT2D eigenvalue weighted by Gasteiger charge is -2.51. The van der Waals surface area contributed by atoms with Gasteiger partial charge in [0.15, 0.2) is 0 Å². The SMILES string of the molecule is CN(C)CCCNC(=O)C1C2CCC(C(OC(=O)c3ccccc3)C2)C1C(=O)NC(=O)C1C2CCC(CC2OC(=O)c2ccccc2)C1C(=O)NCCCN(C)C. The van der Waals surface area contributed by atoms with Gasteiger partial charge >= 0.3 is 11.9 Å². The van der Waals surface area contributed by atoms with Gasteiger partial charge in [-0.05, 0) is 129 Å². The molecule has 10 unspecified atom stereocenters. The van der Waals surface area contributed by atoms with Crippen molar-refractivity contribution >= 4 is 35.6 Å². The molecule has 10 atom stereocenters. The first kappa shape index (κ1) is 42.0. The molecule has 13 nitrogen and oxygen atoms in total. The minimum Gasteiger partial charge on any atom is -0.458 e. The van der Waals surface area contributed by atoms with Crippen molar-refractivity contribution in [3.05, 3.63) is 71.8 Å². The molecule has 0 saturated heterocycles. The summed E-state index contributed by atoms with van der Waals surface area (Å²) < 4.78 is 12.1. The van der Waals surface area contributed by atoms with Crippen molar-refractivity contribution in [1.29, 1.82) is 0 Å². The number of carbonyl (C=O) groups excluding carboxylic acids is 6. The van der Waals surface area contributed by atoms with Gasteiger partial charge in [0.05, 0.1) is 34.8 Å². The highest BCUT2D eigenvalue weighted by atomic mass is 16.5. The lowest BCUT2D eigenvalue weighted by Crippen LogP contribution is -2.61. The van der Waals surface area contributed by atoms with E-state index in [0.29, 0.717) is 62.7 Å². The van der Waals surface area contributed by atoms with E-state index < -0.39 is 71.5 Å². The predicted molar refractivity (Wildman–Crippen MR) is 212 cm³/mol. The molecule has 0 heterocycles. The maximum atomic E-state index is 14.6. The summed E-state index contributed by atoms with van der Waals surface area (Å²) >= 11 is 0. The van der Waals surface area contributed by atoms with Crippen molar-refractivity contribution < 1.29 is 38.2 Å². The van der Waals surface area contributed by atoms with Crippen molar-refractivity contribution in [3.63, 3.8) is 0 Å². The molecule has 308 valence electrons. The average Bonchev–Trinajstić information content (AvgIpc) is 3.21. The van der Waals surface area contributed by atoms with Gasteiger partial charge < -0.3 is 29.9 Å². The maximum absolute atomic E-state index is 14.6. The average molecular weight is 786 g/mol. The summed E-state index contributed by atoms with van der Waals surface area (Å²) in [6.45, 7) is 2.43. The molecule has 57 heavy (non-hydrogen) atoms. The van der Waals surface area contributed by atoms with E-state index in [0.717, 1.165) is 25.9 Å². The summed E-state index contributed by atoms with van der Waals surface area (Å²) in [5, 5.41) is 8.79. The van der Waals surface area contributed by atoms with Crippen LogP contribution in [-0.4, -0.2) is 112 Å². The standard InChI is InChI=1S/C44H59N5O8/c1-48(2)23-11-21-45-39(50)35-29-17-19-31(33(25-29)56-43(54)27-13-7-5-8-14-27)37(35)41(52)47-42(53)38-32-20-18-30(36(38)40(51)46-22-12-24-49(3)4)26-34(32)57-44(55)28-15-9-6-10-16-28/h5-10,13-16,29-38H,11-12,17-26H2,1-4H3,(H,45,50)(H,46,51)(H,47,52,53). The lowest BCUT2D eigenvalue weighted by atomic mass is 9.56. The van der Waals surface area contributed by atoms with E-state index in [1.54, 1.807) is 48.5 Å². The van der Waals surface area contributed by atoms with Gasteiger partial charge in [0.2, 0.25) is 23.6 Å². The Hall–Kier alpha value is -4.62. The van der Waals surface area contributed by atoms with Gasteiger partial charge in [-0.1, -0.05) is 36.4 Å². The van der Waals surface area contributed by atoms with Crippen molar-refractivity contribution in [2.75, 3.05) is 54.4 Å². The molecule has 8 rings (SSSR count). The summed E-state index contributed by atoms with van der Waals surface area (Å²) in [5.74, 6) is -7.48. The zero-order chi connectivity index (χ0) is 40.6. The van der Waals surface area contributed by atoms with Crippen molar-refractivity contribution in [1.82, 2.24) is 25.8 Å². The van der Waals surface area contributed by atoms with E-state index in [2.05, 4.69) is 16.0 Å². The third-order valence-electron chi connectivity index (χ3n) is 12.6. The minimum absolute atomic E-state index is 0.239. The number of ether oxygens (including phenoxy) is 2. The molecule has 4 amide bonds. The third-order valence-corrected chi connectivity index (χ3v) is 12.6. The third kappa shape index (κ3) is 10.1. The van der Waals surface area contributed by atoms with Gasteiger partial charge in [0.1, 0.15) is 12.2 Å². The van der Waals surface area contributed by atoms with Crippen LogP contribution >= 0.6 is 0 Å². The molecule has 6 fully saturated rings. The van der Waals surface area contributed by atoms with Crippen LogP contribution in [-0.2, 0) is 28.7 Å². The van der Waals surface area contributed by atoms with Crippen molar-refractivity contribution in [2.45, 2.75) is 63.6 Å². The van der Waals surface area contributed by atoms with Crippen molar-refractivity contribution in [3.8, 4) is 0 Å². The van der Waals surface area contributed by atoms with E-state index in [9.17, 15) is 28.8 Å². The van der Waals surface area contributed by atoms with Crippen LogP contribution in [0.4, 0.5) is 0 Å². The monoisotopic (exact) mass is 785 g/mol. The Kier molecular flexibility index (Phi) is 14.2. The zero-order valence-electron chi connectivity index (χ0n) is 33.7. The van der Waals surface area contributed by atoms with E-state index in [-0.39, 0.29) is 23.7 Å². The summed E-state index contributed by atoms with van der Waals surface area (Å²) in [7, 11) is 7.85. The number of hydrogen-bond acceptors (Lipinski definition) is 10. The minimum atomic E-state index is -0.935. The van der Waals surface area contributed by atoms with Gasteiger partial charge in [-0.25, -0.2) is 9.59 Å². The summed E-state index contributed by atoms with van der Waals surface area (Å²) in [6, 6.07) is 17.3. The number of carbonyl (C=O) groups is 6. The topological polar surface area (TPSA) is 163 Å². The van der Waals surface area contributed by atoms with Crippen LogP contribution < -0.4 is 16.0 Å². The first-order valence-electron chi connectivity index (χ1n) is 20.6. The first-order valence-corrected chi connectivity index (χ1v) is 20.6. The number of benzene rings is 2. The molecule has 2 aromatic carbocycles. The van der Waals surface area contributed by atoms with Crippen LogP contribution in [0, 0.1) is 47.3 Å². The maximum Gasteiger partial charge on any atom is 0.338 e. The normalized spacial score (nSPS) is 28.7. The highest BCUT2D eigenvalue weighted by Gasteiger charge is 2.58. The smallest absolute Gasteiger partial charge is 0.338 e. The number of rotatable bonds is 16. The quantitative estimate of drug-likeness (QED) is 0.130. The fourth-order valence-electron chi connectivity index (χ4n) is 10.00. The number of imide groups is 1. The number of esters is 2. The fraction of sp³-hybridized carbons (Fsp3) is 0.591. The van der Waals surface area contributed by atoms with E-state index in [1.807, 2.05) is 50.1 Å². The molecular weight excluding hydrogens is 727 g/mol. The predicted octanol–water partition coefficient (Wildman–Crippen LogP) is 3.54. The van der Waals surface area contributed by atoms with Crippen LogP contribution in [0.15, 0.2) is 60.7 Å². The highest BCUT2D eigenvalue weighted by molar-refractivity contribution is 6.01. The molecule has 4 bridgehead atoms. The van der Waals surface area contributed by atoms with Crippen LogP contribution in [0.5, 0.6) is 0 Å². The summed E-state index contributed by atoms with van der Waals surface area (Å²) in [5.41, 5.74) is 0.789. The molecule has 0 aliphatic heterocycles. The number of nitrogens with one attached hydrogen (secondary N) is 3. The molecular formula is C44H59N5O8. The Morgan fingerprint density at radius 3 is 1.30 bits per heavy atom. The highest BCUT2D eigenvalue weighted by Crippen LogP contribution is 2.52. The molecule has 2 aromatic rings. The fourth-order valence-corrected chi connectivity index (χ4v) is 10.00. The van der Waals surface area contributed by atoms with Gasteiger partial charge in [0.25, 0.3) is 0 Å². The Balaban J connectivity index is 1.24. The second kappa shape index (κ2) is 19.2. The number of hydrogen-bond donors (Lipinski definition) is 3. The number of nitrogens with zero attached hydrogens (tertiary/aromatic N) is 2. The van der Waals surface area contributed by atoms with Gasteiger partial charge in [-0.15, -0.1) is 0 Å². The molecule has 0 spiro atoms. The Labute approximate surface area is 336 Å². The Bertz CT molecular complexity index is 1610. The zero-order valence-corrected chi connectivity index (χ0v) is 33.7. The molecule has 0 radical (unpaired) electrons. The number of fused-ring (bicyclic) bond motifs is 6. The van der Waals surface area contributed by atoms with Gasteiger partial charge in [-0.2, -0.15) is 0 Å². The molecule has 6 aliphatic rings. The first-order chi connectivity index (χ1) is 27.4. The molecule has 0 aromatic heterocycles. The van der Waals surface area contributed by atoms with Gasteiger partial charge in [-0.3, -0.25) is 24.5 Å². The number of amides is 4. The van der Waals surface area contributed by atoms with E-state index >= 15 is 0 Å². The second-order valence-electron chi connectivity index (χ2n) is 16.9.